The molecular formula is C5H5F6NO2. The number of hydrogen-bond acceptors (Lipinski definition) is 2. The molecule has 0 heterocycles. The Labute approximate surface area is 74.0 Å². The van der Waals surface area contributed by atoms with Gasteiger partial charge in [0.25, 0.3) is 5.91 Å². The summed E-state index contributed by atoms with van der Waals surface area (Å²) in [5.41, 5.74) is 0.980. The number of nitrogens with one attached hydrogen (secondary N) is 1. The van der Waals surface area contributed by atoms with Gasteiger partial charge in [0, 0.05) is 0 Å². The zero-order chi connectivity index (χ0) is 11.6. The summed E-state index contributed by atoms with van der Waals surface area (Å²) >= 11 is 0. The lowest BCUT2D eigenvalue weighted by atomic mass is 10.1. The molecule has 1 N–H and O–H groups in total. The molecule has 0 unspecified atom stereocenters. The van der Waals surface area contributed by atoms with E-state index in [2.05, 4.69) is 4.84 Å². The third-order valence-electron chi connectivity index (χ3n) is 1.12. The minimum absolute atomic E-state index is 0.724. The summed E-state index contributed by atoms with van der Waals surface area (Å²) in [5, 5.41) is 0. The maximum absolute atomic E-state index is 11.8. The molecule has 0 fully saturated rings. The van der Waals surface area contributed by atoms with Gasteiger partial charge >= 0.3 is 12.4 Å². The molecule has 0 aliphatic rings. The minimum Gasteiger partial charge on any atom is -0.277 e. The van der Waals surface area contributed by atoms with Crippen molar-refractivity contribution in [3.8, 4) is 0 Å². The van der Waals surface area contributed by atoms with Gasteiger partial charge in [0.2, 0.25) is 5.92 Å². The maximum atomic E-state index is 11.8. The Morgan fingerprint density at radius 2 is 1.50 bits per heavy atom. The van der Waals surface area contributed by atoms with Gasteiger partial charge in [-0.05, 0) is 0 Å². The third-order valence-corrected chi connectivity index (χ3v) is 1.12. The van der Waals surface area contributed by atoms with Crippen molar-refractivity contribution in [1.82, 2.24) is 5.48 Å². The molecule has 0 saturated carbocycles. The summed E-state index contributed by atoms with van der Waals surface area (Å²) in [7, 11) is 0.724. The van der Waals surface area contributed by atoms with Crippen molar-refractivity contribution in [3.05, 3.63) is 0 Å². The minimum atomic E-state index is -5.69. The molecule has 0 aromatic heterocycles. The van der Waals surface area contributed by atoms with E-state index in [1.54, 1.807) is 0 Å². The topological polar surface area (TPSA) is 38.3 Å². The second-order valence-electron chi connectivity index (χ2n) is 2.19. The van der Waals surface area contributed by atoms with Crippen LogP contribution in [0.1, 0.15) is 0 Å². The first-order chi connectivity index (χ1) is 6.10. The number of hydroxylamine groups is 1. The van der Waals surface area contributed by atoms with E-state index in [0.29, 0.717) is 0 Å². The van der Waals surface area contributed by atoms with Crippen molar-refractivity contribution >= 4 is 5.91 Å². The Morgan fingerprint density at radius 1 is 1.14 bits per heavy atom. The van der Waals surface area contributed by atoms with Crippen LogP contribution in [-0.2, 0) is 9.63 Å². The summed E-state index contributed by atoms with van der Waals surface area (Å²) in [6.07, 6.45) is -11.4. The van der Waals surface area contributed by atoms with E-state index in [4.69, 9.17) is 0 Å². The van der Waals surface area contributed by atoms with E-state index in [1.165, 1.54) is 0 Å². The van der Waals surface area contributed by atoms with Gasteiger partial charge in [0.15, 0.2) is 0 Å². The van der Waals surface area contributed by atoms with Gasteiger partial charge in [-0.25, -0.2) is 5.48 Å². The molecule has 14 heavy (non-hydrogen) atoms. The largest absolute Gasteiger partial charge is 0.409 e. The van der Waals surface area contributed by atoms with Gasteiger partial charge in [-0.2, -0.15) is 26.3 Å². The van der Waals surface area contributed by atoms with Gasteiger partial charge in [-0.1, -0.05) is 0 Å². The van der Waals surface area contributed by atoms with E-state index < -0.39 is 24.2 Å². The first-order valence-electron chi connectivity index (χ1n) is 3.07. The summed E-state index contributed by atoms with van der Waals surface area (Å²) < 4.78 is 70.5. The quantitative estimate of drug-likeness (QED) is 0.569. The standard InChI is InChI=1S/C5H5F6NO2/c1-14-12-3(13)2(4(6,7)8)5(9,10)11/h2H,1H3,(H,12,13). The van der Waals surface area contributed by atoms with Crippen molar-refractivity contribution in [2.24, 2.45) is 5.92 Å². The predicted octanol–water partition coefficient (Wildman–Crippen LogP) is 1.40. The van der Waals surface area contributed by atoms with Crippen molar-refractivity contribution in [3.63, 3.8) is 0 Å². The highest BCUT2D eigenvalue weighted by Crippen LogP contribution is 2.39. The molecular weight excluding hydrogens is 220 g/mol. The molecule has 0 rings (SSSR count). The number of amides is 1. The van der Waals surface area contributed by atoms with Crippen LogP contribution in [0.2, 0.25) is 0 Å². The number of halogens is 6. The van der Waals surface area contributed by atoms with Gasteiger partial charge < -0.3 is 0 Å². The summed E-state index contributed by atoms with van der Waals surface area (Å²) in [5.74, 6) is -6.37. The highest BCUT2D eigenvalue weighted by Gasteiger charge is 2.61. The summed E-state index contributed by atoms with van der Waals surface area (Å²) in [6, 6.07) is 0. The smallest absolute Gasteiger partial charge is 0.277 e. The number of alkyl halides is 6. The Kier molecular flexibility index (Phi) is 3.74. The SMILES string of the molecule is CONC(=O)C(C(F)(F)F)C(F)(F)F. The molecule has 9 heteroatoms. The molecule has 0 aliphatic heterocycles. The third kappa shape index (κ3) is 3.40. The van der Waals surface area contributed by atoms with Crippen LogP contribution < -0.4 is 5.48 Å². The molecule has 3 nitrogen and oxygen atoms in total. The first-order valence-corrected chi connectivity index (χ1v) is 3.07. The fourth-order valence-corrected chi connectivity index (χ4v) is 0.642. The molecule has 0 bridgehead atoms. The molecule has 0 radical (unpaired) electrons. The van der Waals surface area contributed by atoms with Crippen molar-refractivity contribution < 1.29 is 36.0 Å². The number of carbonyl (C=O) groups is 1. The van der Waals surface area contributed by atoms with Gasteiger partial charge in [-0.3, -0.25) is 9.63 Å². The lowest BCUT2D eigenvalue weighted by molar-refractivity contribution is -0.276. The molecule has 0 atom stereocenters. The fourth-order valence-electron chi connectivity index (χ4n) is 0.642. The molecule has 0 spiro atoms. The molecule has 0 aromatic carbocycles. The van der Waals surface area contributed by atoms with E-state index in [0.717, 1.165) is 12.6 Å². The number of rotatable bonds is 2. The highest BCUT2D eigenvalue weighted by atomic mass is 19.4. The van der Waals surface area contributed by atoms with Crippen LogP contribution in [0.3, 0.4) is 0 Å². The van der Waals surface area contributed by atoms with Crippen LogP contribution in [0, 0.1) is 5.92 Å². The molecule has 0 aliphatic carbocycles. The normalized spacial score (nSPS) is 13.1. The Morgan fingerprint density at radius 3 is 1.71 bits per heavy atom. The van der Waals surface area contributed by atoms with Crippen LogP contribution in [0.25, 0.3) is 0 Å². The zero-order valence-electron chi connectivity index (χ0n) is 6.66. The van der Waals surface area contributed by atoms with E-state index in [-0.39, 0.29) is 0 Å². The Hall–Kier alpha value is -0.990. The van der Waals surface area contributed by atoms with Gasteiger partial charge in [-0.15, -0.1) is 0 Å². The van der Waals surface area contributed by atoms with Crippen molar-refractivity contribution in [2.75, 3.05) is 7.11 Å². The number of carbonyl (C=O) groups excluding carboxylic acids is 1. The zero-order valence-corrected chi connectivity index (χ0v) is 6.66. The summed E-state index contributed by atoms with van der Waals surface area (Å²) in [4.78, 5) is 14.0. The van der Waals surface area contributed by atoms with Crippen LogP contribution in [0.15, 0.2) is 0 Å². The summed E-state index contributed by atoms with van der Waals surface area (Å²) in [6.45, 7) is 0. The second-order valence-corrected chi connectivity index (χ2v) is 2.19. The maximum Gasteiger partial charge on any atom is 0.409 e. The van der Waals surface area contributed by atoms with Gasteiger partial charge in [0.1, 0.15) is 0 Å². The van der Waals surface area contributed by atoms with Crippen LogP contribution in [0.4, 0.5) is 26.3 Å². The van der Waals surface area contributed by atoms with E-state index in [9.17, 15) is 31.1 Å². The fraction of sp³-hybridized carbons (Fsp3) is 0.800. The van der Waals surface area contributed by atoms with Crippen molar-refractivity contribution in [1.29, 1.82) is 0 Å². The Balaban J connectivity index is 4.84. The van der Waals surface area contributed by atoms with Crippen molar-refractivity contribution in [2.45, 2.75) is 12.4 Å². The molecule has 84 valence electrons. The van der Waals surface area contributed by atoms with Crippen LogP contribution in [-0.4, -0.2) is 25.4 Å². The van der Waals surface area contributed by atoms with E-state index in [1.807, 2.05) is 0 Å². The van der Waals surface area contributed by atoms with Crippen LogP contribution in [0.5, 0.6) is 0 Å². The molecule has 0 aromatic rings. The van der Waals surface area contributed by atoms with Crippen LogP contribution >= 0.6 is 0 Å². The average Bonchev–Trinajstić information content (AvgIpc) is 1.78. The first kappa shape index (κ1) is 13.0. The van der Waals surface area contributed by atoms with Gasteiger partial charge in [0.05, 0.1) is 7.11 Å². The van der Waals surface area contributed by atoms with E-state index >= 15 is 0 Å². The monoisotopic (exact) mass is 225 g/mol. The lowest BCUT2D eigenvalue weighted by Gasteiger charge is -2.21. The molecule has 1 amide bonds. The Bertz CT molecular complexity index is 195. The highest BCUT2D eigenvalue weighted by molar-refractivity contribution is 5.79. The molecule has 0 saturated heterocycles. The lowest BCUT2D eigenvalue weighted by Crippen LogP contribution is -2.47. The second kappa shape index (κ2) is 4.03. The average molecular weight is 225 g/mol. The number of hydrogen-bond donors (Lipinski definition) is 1. The predicted molar refractivity (Wildman–Crippen MR) is 30.8 cm³/mol.